The van der Waals surface area contributed by atoms with E-state index in [-0.39, 0.29) is 0 Å². The van der Waals surface area contributed by atoms with Crippen LogP contribution < -0.4 is 5.73 Å². The zero-order chi connectivity index (χ0) is 12.1. The molecule has 2 rings (SSSR count). The van der Waals surface area contributed by atoms with Crippen LogP contribution in [0.15, 0.2) is 16.7 Å². The average molecular weight is 236 g/mol. The Bertz CT molecular complexity index is 335. The Kier molecular flexibility index (Phi) is 4.63. The van der Waals surface area contributed by atoms with E-state index >= 15 is 0 Å². The molecule has 0 aromatic carbocycles. The number of nitrogens with two attached hydrogens (primary N) is 1. The van der Waals surface area contributed by atoms with Crippen molar-refractivity contribution in [3.8, 4) is 0 Å². The zero-order valence-electron chi connectivity index (χ0n) is 10.8. The lowest BCUT2D eigenvalue weighted by Gasteiger charge is -2.28. The molecule has 96 valence electrons. The molecule has 3 heteroatoms. The number of hydrogen-bond donors (Lipinski definition) is 1. The van der Waals surface area contributed by atoms with Crippen LogP contribution in [0.4, 0.5) is 0 Å². The van der Waals surface area contributed by atoms with E-state index in [2.05, 4.69) is 17.9 Å². The molecule has 0 aliphatic carbocycles. The molecule has 1 aliphatic heterocycles. The van der Waals surface area contributed by atoms with Crippen molar-refractivity contribution in [2.45, 2.75) is 58.2 Å². The molecule has 0 saturated carbocycles. The lowest BCUT2D eigenvalue weighted by atomic mass is 10.1. The highest BCUT2D eigenvalue weighted by molar-refractivity contribution is 5.12. The predicted molar refractivity (Wildman–Crippen MR) is 69.6 cm³/mol. The minimum absolute atomic E-state index is 0.570. The lowest BCUT2D eigenvalue weighted by molar-refractivity contribution is 0.172. The van der Waals surface area contributed by atoms with Gasteiger partial charge in [-0.3, -0.25) is 4.90 Å². The maximum absolute atomic E-state index is 5.60. The zero-order valence-corrected chi connectivity index (χ0v) is 10.8. The Balaban J connectivity index is 1.99. The summed E-state index contributed by atoms with van der Waals surface area (Å²) in [6, 6.07) is 2.82. The molecule has 0 radical (unpaired) electrons. The van der Waals surface area contributed by atoms with Crippen LogP contribution in [0.25, 0.3) is 0 Å². The van der Waals surface area contributed by atoms with E-state index in [1.807, 2.05) is 0 Å². The fourth-order valence-electron chi connectivity index (χ4n) is 2.72. The summed E-state index contributed by atoms with van der Waals surface area (Å²) in [5, 5.41) is 0. The molecule has 0 amide bonds. The van der Waals surface area contributed by atoms with Gasteiger partial charge in [0, 0.05) is 18.2 Å². The fraction of sp³-hybridized carbons (Fsp3) is 0.714. The van der Waals surface area contributed by atoms with Gasteiger partial charge in [0.25, 0.3) is 0 Å². The van der Waals surface area contributed by atoms with E-state index in [0.29, 0.717) is 6.54 Å². The molecule has 1 aromatic heterocycles. The maximum Gasteiger partial charge on any atom is 0.118 e. The van der Waals surface area contributed by atoms with Crippen molar-refractivity contribution >= 4 is 0 Å². The molecular formula is C14H24N2O. The summed E-state index contributed by atoms with van der Waals surface area (Å²) < 4.78 is 5.57. The largest absolute Gasteiger partial charge is 0.468 e. The molecule has 1 saturated heterocycles. The van der Waals surface area contributed by atoms with Crippen LogP contribution in [-0.4, -0.2) is 17.5 Å². The number of hydrogen-bond acceptors (Lipinski definition) is 3. The third-order valence-corrected chi connectivity index (χ3v) is 3.77. The number of nitrogens with zero attached hydrogens (tertiary/aromatic N) is 1. The fourth-order valence-corrected chi connectivity index (χ4v) is 2.72. The van der Waals surface area contributed by atoms with E-state index in [4.69, 9.17) is 10.2 Å². The van der Waals surface area contributed by atoms with Gasteiger partial charge in [0.05, 0.1) is 12.8 Å². The third kappa shape index (κ3) is 3.33. The summed E-state index contributed by atoms with van der Waals surface area (Å²) >= 11 is 0. The first kappa shape index (κ1) is 12.7. The van der Waals surface area contributed by atoms with Crippen molar-refractivity contribution in [2.24, 2.45) is 5.73 Å². The van der Waals surface area contributed by atoms with Crippen LogP contribution in [0, 0.1) is 0 Å². The summed E-state index contributed by atoms with van der Waals surface area (Å²) in [5.41, 5.74) is 6.70. The monoisotopic (exact) mass is 236 g/mol. The van der Waals surface area contributed by atoms with Gasteiger partial charge >= 0.3 is 0 Å². The summed E-state index contributed by atoms with van der Waals surface area (Å²) in [7, 11) is 0. The van der Waals surface area contributed by atoms with Crippen molar-refractivity contribution in [3.05, 3.63) is 23.7 Å². The molecule has 0 spiro atoms. The van der Waals surface area contributed by atoms with E-state index in [0.717, 1.165) is 23.9 Å². The van der Waals surface area contributed by atoms with Gasteiger partial charge in [-0.15, -0.1) is 0 Å². The average Bonchev–Trinajstić information content (AvgIpc) is 2.68. The molecule has 0 bridgehead atoms. The van der Waals surface area contributed by atoms with Crippen LogP contribution >= 0.6 is 0 Å². The molecule has 1 atom stereocenters. The van der Waals surface area contributed by atoms with E-state index < -0.39 is 0 Å². The Labute approximate surface area is 104 Å². The summed E-state index contributed by atoms with van der Waals surface area (Å²) in [5.74, 6) is 1.06. The van der Waals surface area contributed by atoms with Crippen LogP contribution in [0.2, 0.25) is 0 Å². The van der Waals surface area contributed by atoms with Crippen LogP contribution in [0.1, 0.15) is 50.4 Å². The minimum atomic E-state index is 0.570. The van der Waals surface area contributed by atoms with Gasteiger partial charge in [-0.1, -0.05) is 19.8 Å². The topological polar surface area (TPSA) is 42.4 Å². The number of rotatable bonds is 4. The summed E-state index contributed by atoms with van der Waals surface area (Å²) in [6.07, 6.45) is 8.43. The van der Waals surface area contributed by atoms with Gasteiger partial charge in [0.1, 0.15) is 5.76 Å². The second kappa shape index (κ2) is 6.22. The normalized spacial score (nSPS) is 22.6. The standard InChI is InChI=1S/C14H24N2O/c1-2-13-6-4-3-5-7-16(13)10-14-8-12(9-15)11-17-14/h8,11,13H,2-7,9-10,15H2,1H3. The highest BCUT2D eigenvalue weighted by Crippen LogP contribution is 2.21. The predicted octanol–water partition coefficient (Wildman–Crippen LogP) is 2.89. The van der Waals surface area contributed by atoms with Crippen molar-refractivity contribution < 1.29 is 4.42 Å². The Morgan fingerprint density at radius 2 is 2.29 bits per heavy atom. The highest BCUT2D eigenvalue weighted by Gasteiger charge is 2.20. The molecule has 1 unspecified atom stereocenters. The molecule has 3 nitrogen and oxygen atoms in total. The van der Waals surface area contributed by atoms with Gasteiger partial charge in [-0.05, 0) is 31.9 Å². The Morgan fingerprint density at radius 1 is 1.41 bits per heavy atom. The van der Waals surface area contributed by atoms with Crippen molar-refractivity contribution in [3.63, 3.8) is 0 Å². The first-order valence-corrected chi connectivity index (χ1v) is 6.84. The molecule has 17 heavy (non-hydrogen) atoms. The second-order valence-corrected chi connectivity index (χ2v) is 5.01. The van der Waals surface area contributed by atoms with E-state index in [1.165, 1.54) is 38.6 Å². The first-order chi connectivity index (χ1) is 8.33. The summed E-state index contributed by atoms with van der Waals surface area (Å²) in [4.78, 5) is 2.58. The van der Waals surface area contributed by atoms with Gasteiger partial charge in [-0.2, -0.15) is 0 Å². The Hall–Kier alpha value is -0.800. The van der Waals surface area contributed by atoms with Gasteiger partial charge < -0.3 is 10.2 Å². The molecule has 1 aromatic rings. The third-order valence-electron chi connectivity index (χ3n) is 3.77. The molecule has 2 N–H and O–H groups in total. The van der Waals surface area contributed by atoms with Crippen molar-refractivity contribution in [2.75, 3.05) is 6.54 Å². The second-order valence-electron chi connectivity index (χ2n) is 5.01. The SMILES string of the molecule is CCC1CCCCCN1Cc1cc(CN)co1. The van der Waals surface area contributed by atoms with Gasteiger partial charge in [0.2, 0.25) is 0 Å². The molecule has 2 heterocycles. The smallest absolute Gasteiger partial charge is 0.118 e. The molecular weight excluding hydrogens is 212 g/mol. The lowest BCUT2D eigenvalue weighted by Crippen LogP contribution is -2.33. The first-order valence-electron chi connectivity index (χ1n) is 6.84. The minimum Gasteiger partial charge on any atom is -0.468 e. The quantitative estimate of drug-likeness (QED) is 0.874. The number of furan rings is 1. The Morgan fingerprint density at radius 3 is 3.00 bits per heavy atom. The van der Waals surface area contributed by atoms with E-state index in [9.17, 15) is 0 Å². The van der Waals surface area contributed by atoms with Crippen LogP contribution in [0.3, 0.4) is 0 Å². The van der Waals surface area contributed by atoms with Gasteiger partial charge in [0.15, 0.2) is 0 Å². The van der Waals surface area contributed by atoms with Crippen LogP contribution in [0.5, 0.6) is 0 Å². The van der Waals surface area contributed by atoms with Gasteiger partial charge in [-0.25, -0.2) is 0 Å². The summed E-state index contributed by atoms with van der Waals surface area (Å²) in [6.45, 7) is 5.01. The van der Waals surface area contributed by atoms with Crippen molar-refractivity contribution in [1.82, 2.24) is 4.90 Å². The number of likely N-dealkylation sites (tertiary alicyclic amines) is 1. The van der Waals surface area contributed by atoms with Crippen LogP contribution in [-0.2, 0) is 13.1 Å². The van der Waals surface area contributed by atoms with Crippen molar-refractivity contribution in [1.29, 1.82) is 0 Å². The molecule has 1 aliphatic rings. The van der Waals surface area contributed by atoms with E-state index in [1.54, 1.807) is 6.26 Å². The molecule has 1 fully saturated rings. The highest BCUT2D eigenvalue weighted by atomic mass is 16.3. The maximum atomic E-state index is 5.60.